The fourth-order valence-corrected chi connectivity index (χ4v) is 5.12. The van der Waals surface area contributed by atoms with Gasteiger partial charge in [0, 0.05) is 16.3 Å². The van der Waals surface area contributed by atoms with Crippen LogP contribution in [-0.4, -0.2) is 0 Å². The predicted octanol–water partition coefficient (Wildman–Crippen LogP) is 11.6. The highest BCUT2D eigenvalue weighted by Gasteiger charge is 2.20. The van der Waals surface area contributed by atoms with Gasteiger partial charge >= 0.3 is 0 Å². The van der Waals surface area contributed by atoms with Gasteiger partial charge in [-0.25, -0.2) is 0 Å². The monoisotopic (exact) mass is 560 g/mol. The van der Waals surface area contributed by atoms with Gasteiger partial charge in [-0.3, -0.25) is 0 Å². The zero-order valence-corrected chi connectivity index (χ0v) is 20.8. The van der Waals surface area contributed by atoms with Gasteiger partial charge in [0.25, 0.3) is 0 Å². The molecule has 9 rings (SSSR count). The molecule has 0 aliphatic rings. The highest BCUT2D eigenvalue weighted by molar-refractivity contribution is 6.23. The predicted molar refractivity (Wildman–Crippen MR) is 175 cm³/mol. The molecule has 0 aliphatic heterocycles. The van der Waals surface area contributed by atoms with Gasteiger partial charge in [-0.05, 0) is 73.5 Å². The lowest BCUT2D eigenvalue weighted by atomic mass is 9.86. The van der Waals surface area contributed by atoms with Gasteiger partial charge in [-0.1, -0.05) is 115 Å². The minimum Gasteiger partial charge on any atom is -0.464 e. The zero-order valence-electron chi connectivity index (χ0n) is 44.8. The van der Waals surface area contributed by atoms with Crippen molar-refractivity contribution in [3.05, 3.63) is 145 Å². The summed E-state index contributed by atoms with van der Waals surface area (Å²) in [5, 5.41) is -3.82. The summed E-state index contributed by atoms with van der Waals surface area (Å²) < 4.78 is 223. The van der Waals surface area contributed by atoms with Crippen LogP contribution in [0.1, 0.15) is 32.9 Å². The van der Waals surface area contributed by atoms with Crippen LogP contribution in [0.4, 0.5) is 0 Å². The Bertz CT molecular complexity index is 3670. The lowest BCUT2D eigenvalue weighted by Gasteiger charge is -2.17. The number of fused-ring (bicyclic) bond motifs is 7. The molecule has 196 valence electrons. The van der Waals surface area contributed by atoms with Gasteiger partial charge in [0.2, 0.25) is 0 Å². The van der Waals surface area contributed by atoms with E-state index in [0.717, 1.165) is 0 Å². The molecule has 0 aliphatic carbocycles. The van der Waals surface area contributed by atoms with Crippen LogP contribution in [0.2, 0.25) is 0 Å². The van der Waals surface area contributed by atoms with Crippen molar-refractivity contribution in [1.29, 1.82) is 0 Å². The number of hydrogen-bond acceptors (Lipinski definition) is 2. The Morgan fingerprint density at radius 2 is 0.976 bits per heavy atom. The Labute approximate surface area is 275 Å². The van der Waals surface area contributed by atoms with Crippen molar-refractivity contribution in [2.45, 2.75) is 0 Å². The van der Waals surface area contributed by atoms with Crippen molar-refractivity contribution in [3.63, 3.8) is 0 Å². The molecule has 0 saturated heterocycles. The van der Waals surface area contributed by atoms with Gasteiger partial charge in [-0.15, -0.1) is 0 Å². The topological polar surface area (TPSA) is 26.3 Å². The molecule has 2 nitrogen and oxygen atoms in total. The first-order valence-electron chi connectivity index (χ1n) is 24.3. The molecular formula is C40H24O2. The molecule has 0 spiro atoms. The zero-order chi connectivity index (χ0) is 48.5. The molecule has 2 heterocycles. The normalized spacial score (nSPS) is 19.8. The van der Waals surface area contributed by atoms with Gasteiger partial charge in [0.1, 0.15) is 18.1 Å². The maximum absolute atomic E-state index is 9.70. The molecule has 0 unspecified atom stereocenters. The summed E-state index contributed by atoms with van der Waals surface area (Å²) in [6.07, 6.45) is -0.816. The molecule has 0 atom stereocenters. The Kier molecular flexibility index (Phi) is 2.08. The van der Waals surface area contributed by atoms with Gasteiger partial charge in [0.15, 0.2) is 0 Å². The quantitative estimate of drug-likeness (QED) is 0.201. The third kappa shape index (κ3) is 3.33. The number of furan rings is 2. The highest BCUT2D eigenvalue weighted by Crippen LogP contribution is 2.45. The van der Waals surface area contributed by atoms with Crippen molar-refractivity contribution in [2.24, 2.45) is 0 Å². The first-order chi connectivity index (χ1) is 30.8. The third-order valence-electron chi connectivity index (χ3n) is 6.84. The molecule has 42 heavy (non-hydrogen) atoms. The fourth-order valence-electron chi connectivity index (χ4n) is 5.12. The summed E-state index contributed by atoms with van der Waals surface area (Å²) >= 11 is 0. The van der Waals surface area contributed by atoms with E-state index in [4.69, 9.17) is 32.1 Å². The van der Waals surface area contributed by atoms with Crippen molar-refractivity contribution in [1.82, 2.24) is 0 Å². The standard InChI is InChI=1S/C40H24O2/c1-3-11-25(12-4-1)34-24-41-35-22-21-33-28-20-19-27(23-36(28)42-40(33)39(34)35)38-31-17-9-7-15-29(31)37(26-13-5-2-6-14-26)30-16-8-10-18-32(30)38/h1-24H/i1D,2D,3D,4D,5D,6D,7D,8D,9D,10D,11D,12D,13D,14D,15D,16D,17D,18D,19D,20D,21D,22D,23D,24D. The SMILES string of the molecule is [2H]c1oc2c([2H])c([2H])c3c(oc4c([2H])c(-c5c6c([2H])c([2H])c([2H])c([2H])c6c(-c6c([2H])c([2H])c([2H])c([2H])c6[2H])c6c([2H])c([2H])c([2H])c([2H])c56)c([2H])c([2H])c43)c2c1-c1c([2H])c([2H])c([2H])c([2H])c1[2H]. The van der Waals surface area contributed by atoms with E-state index in [1.807, 2.05) is 0 Å². The third-order valence-corrected chi connectivity index (χ3v) is 6.84. The Morgan fingerprint density at radius 3 is 1.62 bits per heavy atom. The van der Waals surface area contributed by atoms with Crippen molar-refractivity contribution in [3.8, 4) is 33.4 Å². The van der Waals surface area contributed by atoms with Crippen LogP contribution in [0.15, 0.2) is 154 Å². The van der Waals surface area contributed by atoms with Crippen molar-refractivity contribution in [2.75, 3.05) is 0 Å². The minimum atomic E-state index is -0.932. The van der Waals surface area contributed by atoms with E-state index in [9.17, 15) is 9.60 Å². The van der Waals surface area contributed by atoms with Crippen molar-refractivity contribution >= 4 is 54.5 Å². The van der Waals surface area contributed by atoms with Crippen LogP contribution in [0.3, 0.4) is 0 Å². The van der Waals surface area contributed by atoms with Crippen LogP contribution in [-0.2, 0) is 0 Å². The maximum Gasteiger partial charge on any atom is 0.147 e. The van der Waals surface area contributed by atoms with Crippen LogP contribution in [0.25, 0.3) is 87.8 Å². The van der Waals surface area contributed by atoms with Gasteiger partial charge in [0.05, 0.1) is 43.2 Å². The summed E-state index contributed by atoms with van der Waals surface area (Å²) in [7, 11) is 0. The average Bonchev–Trinajstić information content (AvgIpc) is 3.85. The Hall–Kier alpha value is -5.60. The van der Waals surface area contributed by atoms with E-state index in [-0.39, 0.29) is 5.39 Å². The van der Waals surface area contributed by atoms with E-state index in [2.05, 4.69) is 0 Å². The summed E-state index contributed by atoms with van der Waals surface area (Å²) in [6, 6.07) is -19.8. The van der Waals surface area contributed by atoms with E-state index >= 15 is 0 Å². The summed E-state index contributed by atoms with van der Waals surface area (Å²) in [4.78, 5) is 0. The molecule has 2 aromatic heterocycles. The maximum atomic E-state index is 9.70. The average molecular weight is 561 g/mol. The first kappa shape index (κ1) is 9.75. The van der Waals surface area contributed by atoms with E-state index in [0.29, 0.717) is 0 Å². The second-order valence-electron chi connectivity index (χ2n) is 9.04. The minimum absolute atomic E-state index is 0.375. The second-order valence-corrected chi connectivity index (χ2v) is 9.04. The Morgan fingerprint density at radius 1 is 0.429 bits per heavy atom. The van der Waals surface area contributed by atoms with Gasteiger partial charge in [-0.2, -0.15) is 0 Å². The van der Waals surface area contributed by atoms with E-state index in [1.165, 1.54) is 0 Å². The largest absolute Gasteiger partial charge is 0.464 e. The molecule has 0 amide bonds. The van der Waals surface area contributed by atoms with Crippen LogP contribution in [0.5, 0.6) is 0 Å². The molecular weight excluding hydrogens is 512 g/mol. The summed E-state index contributed by atoms with van der Waals surface area (Å²) in [5.74, 6) is 0. The number of benzene rings is 7. The summed E-state index contributed by atoms with van der Waals surface area (Å²) in [6.45, 7) is 0. The lowest BCUT2D eigenvalue weighted by molar-refractivity contribution is 0.616. The highest BCUT2D eigenvalue weighted by atomic mass is 16.3. The Balaban J connectivity index is 1.56. The lowest BCUT2D eigenvalue weighted by Crippen LogP contribution is -1.90. The van der Waals surface area contributed by atoms with Crippen molar-refractivity contribution < 1.29 is 41.7 Å². The molecule has 0 N–H and O–H groups in total. The number of rotatable bonds is 3. The van der Waals surface area contributed by atoms with Crippen LogP contribution >= 0.6 is 0 Å². The van der Waals surface area contributed by atoms with E-state index in [1.54, 1.807) is 0 Å². The van der Waals surface area contributed by atoms with Gasteiger partial charge < -0.3 is 8.83 Å². The fraction of sp³-hybridized carbons (Fsp3) is 0. The molecule has 0 radical (unpaired) electrons. The molecule has 9 aromatic rings. The summed E-state index contributed by atoms with van der Waals surface area (Å²) in [5.41, 5.74) is -5.37. The van der Waals surface area contributed by atoms with Crippen LogP contribution in [0, 0.1) is 0 Å². The molecule has 0 bridgehead atoms. The van der Waals surface area contributed by atoms with Crippen LogP contribution < -0.4 is 0 Å². The molecule has 2 heteroatoms. The first-order valence-corrected chi connectivity index (χ1v) is 12.3. The molecule has 7 aromatic carbocycles. The molecule has 0 fully saturated rings. The van der Waals surface area contributed by atoms with E-state index < -0.39 is 228 Å². The second kappa shape index (κ2) is 8.95. The smallest absolute Gasteiger partial charge is 0.147 e. The number of hydrogen-bond donors (Lipinski definition) is 0. The molecule has 0 saturated carbocycles.